The Morgan fingerprint density at radius 1 is 1.00 bits per heavy atom. The van der Waals surface area contributed by atoms with Crippen LogP contribution in [0.5, 0.6) is 17.2 Å². The van der Waals surface area contributed by atoms with E-state index in [1.807, 2.05) is 0 Å². The number of hydrogen-bond acceptors (Lipinski definition) is 7. The lowest BCUT2D eigenvalue weighted by Gasteiger charge is -2.18. The van der Waals surface area contributed by atoms with E-state index in [-0.39, 0.29) is 11.7 Å². The number of carbonyl (C=O) groups is 2. The number of furan rings is 1. The second-order valence-corrected chi connectivity index (χ2v) is 5.99. The number of benzene rings is 2. The standard InChI is InChI=1S/C21H16N2O6/c24-20(15-5-8-17-19(12-15)28-11-10-27-17)23-22-13-14-3-6-16(7-4-14)29-21(25)18-2-1-9-26-18/h1-9,12-13H,10-11H2,(H,23,24). The fourth-order valence-electron chi connectivity index (χ4n) is 2.59. The van der Waals surface area contributed by atoms with Gasteiger partial charge in [-0.3, -0.25) is 4.79 Å². The summed E-state index contributed by atoms with van der Waals surface area (Å²) in [4.78, 5) is 24.0. The van der Waals surface area contributed by atoms with Crippen LogP contribution in [0.25, 0.3) is 0 Å². The van der Waals surface area contributed by atoms with Crippen LogP contribution < -0.4 is 19.6 Å². The van der Waals surface area contributed by atoms with Crippen LogP contribution in [-0.4, -0.2) is 31.3 Å². The average Bonchev–Trinajstić information content (AvgIpc) is 3.30. The largest absolute Gasteiger partial charge is 0.486 e. The highest BCUT2D eigenvalue weighted by Crippen LogP contribution is 2.30. The molecule has 3 aromatic rings. The van der Waals surface area contributed by atoms with E-state index in [4.69, 9.17) is 18.6 Å². The predicted octanol–water partition coefficient (Wildman–Crippen LogP) is 3.03. The third-order valence-corrected chi connectivity index (χ3v) is 4.00. The van der Waals surface area contributed by atoms with Crippen molar-refractivity contribution < 1.29 is 28.2 Å². The Labute approximate surface area is 165 Å². The van der Waals surface area contributed by atoms with Crippen LogP contribution in [0.15, 0.2) is 70.4 Å². The van der Waals surface area contributed by atoms with Gasteiger partial charge in [-0.05, 0) is 60.2 Å². The number of nitrogens with zero attached hydrogens (tertiary/aromatic N) is 1. The van der Waals surface area contributed by atoms with Gasteiger partial charge in [-0.15, -0.1) is 0 Å². The van der Waals surface area contributed by atoms with E-state index in [1.165, 1.54) is 18.5 Å². The van der Waals surface area contributed by atoms with Gasteiger partial charge in [0.15, 0.2) is 11.5 Å². The first-order chi connectivity index (χ1) is 14.2. The topological polar surface area (TPSA) is 99.4 Å². The average molecular weight is 392 g/mol. The first-order valence-electron chi connectivity index (χ1n) is 8.78. The smallest absolute Gasteiger partial charge is 0.379 e. The number of carbonyl (C=O) groups excluding carboxylic acids is 2. The molecule has 0 saturated heterocycles. The minimum absolute atomic E-state index is 0.123. The van der Waals surface area contributed by atoms with Gasteiger partial charge in [0.25, 0.3) is 5.91 Å². The van der Waals surface area contributed by atoms with Gasteiger partial charge in [-0.25, -0.2) is 10.2 Å². The summed E-state index contributed by atoms with van der Waals surface area (Å²) in [7, 11) is 0. The van der Waals surface area contributed by atoms with Gasteiger partial charge in [-0.2, -0.15) is 5.10 Å². The maximum Gasteiger partial charge on any atom is 0.379 e. The Morgan fingerprint density at radius 2 is 1.79 bits per heavy atom. The molecule has 4 rings (SSSR count). The predicted molar refractivity (Wildman–Crippen MR) is 103 cm³/mol. The van der Waals surface area contributed by atoms with Crippen molar-refractivity contribution in [2.75, 3.05) is 13.2 Å². The highest BCUT2D eigenvalue weighted by atomic mass is 16.6. The number of amides is 1. The lowest BCUT2D eigenvalue weighted by molar-refractivity contribution is 0.0701. The van der Waals surface area contributed by atoms with Gasteiger partial charge < -0.3 is 18.6 Å². The zero-order chi connectivity index (χ0) is 20.1. The molecular weight excluding hydrogens is 376 g/mol. The third kappa shape index (κ3) is 4.44. The highest BCUT2D eigenvalue weighted by molar-refractivity contribution is 5.95. The van der Waals surface area contributed by atoms with Crippen LogP contribution in [0, 0.1) is 0 Å². The molecule has 1 amide bonds. The summed E-state index contributed by atoms with van der Waals surface area (Å²) in [6.07, 6.45) is 2.88. The van der Waals surface area contributed by atoms with Gasteiger partial charge in [0.2, 0.25) is 5.76 Å². The third-order valence-electron chi connectivity index (χ3n) is 4.00. The summed E-state index contributed by atoms with van der Waals surface area (Å²) >= 11 is 0. The fourth-order valence-corrected chi connectivity index (χ4v) is 2.59. The quantitative estimate of drug-likeness (QED) is 0.310. The lowest BCUT2D eigenvalue weighted by atomic mass is 10.2. The Bertz CT molecular complexity index is 1040. The van der Waals surface area contributed by atoms with Crippen molar-refractivity contribution >= 4 is 18.1 Å². The monoisotopic (exact) mass is 392 g/mol. The molecule has 2 heterocycles. The van der Waals surface area contributed by atoms with Crippen molar-refractivity contribution in [3.63, 3.8) is 0 Å². The van der Waals surface area contributed by atoms with Crippen molar-refractivity contribution in [3.8, 4) is 17.2 Å². The van der Waals surface area contributed by atoms with E-state index in [0.717, 1.165) is 0 Å². The van der Waals surface area contributed by atoms with Gasteiger partial charge in [0.1, 0.15) is 19.0 Å². The molecule has 0 bridgehead atoms. The Morgan fingerprint density at radius 3 is 2.55 bits per heavy atom. The van der Waals surface area contributed by atoms with Crippen LogP contribution in [0.4, 0.5) is 0 Å². The Balaban J connectivity index is 1.33. The molecule has 0 radical (unpaired) electrons. The molecule has 1 aromatic heterocycles. The maximum atomic E-state index is 12.2. The molecule has 29 heavy (non-hydrogen) atoms. The molecule has 1 aliphatic rings. The summed E-state index contributed by atoms with van der Waals surface area (Å²) < 4.78 is 21.1. The first kappa shape index (κ1) is 18.3. The normalized spacial score (nSPS) is 12.6. The van der Waals surface area contributed by atoms with Crippen molar-refractivity contribution in [2.45, 2.75) is 0 Å². The number of hydrazone groups is 1. The summed E-state index contributed by atoms with van der Waals surface area (Å²) in [6.45, 7) is 0.937. The van der Waals surface area contributed by atoms with E-state index >= 15 is 0 Å². The van der Waals surface area contributed by atoms with Crippen LogP contribution in [0.3, 0.4) is 0 Å². The van der Waals surface area contributed by atoms with Gasteiger partial charge in [0.05, 0.1) is 12.5 Å². The Kier molecular flexibility index (Phi) is 5.24. The molecule has 8 nitrogen and oxygen atoms in total. The summed E-state index contributed by atoms with van der Waals surface area (Å²) in [6, 6.07) is 14.7. The van der Waals surface area contributed by atoms with E-state index in [2.05, 4.69) is 10.5 Å². The molecule has 0 saturated carbocycles. The first-order valence-corrected chi connectivity index (χ1v) is 8.78. The minimum atomic E-state index is -0.580. The molecule has 0 unspecified atom stereocenters. The summed E-state index contributed by atoms with van der Waals surface area (Å²) in [5.41, 5.74) is 3.58. The molecule has 0 fully saturated rings. The number of esters is 1. The lowest BCUT2D eigenvalue weighted by Crippen LogP contribution is -2.19. The minimum Gasteiger partial charge on any atom is -0.486 e. The molecule has 0 aliphatic carbocycles. The molecular formula is C21H16N2O6. The number of rotatable bonds is 5. The number of fused-ring (bicyclic) bond motifs is 1. The van der Waals surface area contributed by atoms with Crippen LogP contribution in [0.2, 0.25) is 0 Å². The van der Waals surface area contributed by atoms with Crippen LogP contribution in [0.1, 0.15) is 26.5 Å². The van der Waals surface area contributed by atoms with Crippen molar-refractivity contribution in [1.29, 1.82) is 0 Å². The van der Waals surface area contributed by atoms with E-state index in [1.54, 1.807) is 48.5 Å². The highest BCUT2D eigenvalue weighted by Gasteiger charge is 2.14. The van der Waals surface area contributed by atoms with Gasteiger partial charge >= 0.3 is 5.97 Å². The van der Waals surface area contributed by atoms with Gasteiger partial charge in [-0.1, -0.05) is 0 Å². The van der Waals surface area contributed by atoms with Crippen LogP contribution >= 0.6 is 0 Å². The summed E-state index contributed by atoms with van der Waals surface area (Å²) in [5, 5.41) is 3.94. The number of nitrogens with one attached hydrogen (secondary N) is 1. The summed E-state index contributed by atoms with van der Waals surface area (Å²) in [5.74, 6) is 0.684. The molecule has 8 heteroatoms. The second kappa shape index (κ2) is 8.30. The van der Waals surface area contributed by atoms with Crippen molar-refractivity contribution in [1.82, 2.24) is 5.43 Å². The zero-order valence-corrected chi connectivity index (χ0v) is 15.2. The van der Waals surface area contributed by atoms with Crippen molar-refractivity contribution in [2.24, 2.45) is 5.10 Å². The molecule has 1 aliphatic heterocycles. The molecule has 2 aromatic carbocycles. The molecule has 1 N–H and O–H groups in total. The Hall–Kier alpha value is -4.07. The fraction of sp³-hybridized carbons (Fsp3) is 0.0952. The molecule has 146 valence electrons. The number of hydrogen-bond donors (Lipinski definition) is 1. The van der Waals surface area contributed by atoms with Gasteiger partial charge in [0, 0.05) is 5.56 Å². The molecule has 0 spiro atoms. The van der Waals surface area contributed by atoms with Crippen molar-refractivity contribution in [3.05, 3.63) is 77.7 Å². The van der Waals surface area contributed by atoms with E-state index < -0.39 is 5.97 Å². The van der Waals surface area contributed by atoms with E-state index in [0.29, 0.717) is 41.6 Å². The number of ether oxygens (including phenoxy) is 3. The second-order valence-electron chi connectivity index (χ2n) is 5.99. The van der Waals surface area contributed by atoms with E-state index in [9.17, 15) is 9.59 Å². The zero-order valence-electron chi connectivity index (χ0n) is 15.2. The SMILES string of the molecule is O=C(NN=Cc1ccc(OC(=O)c2ccco2)cc1)c1ccc2c(c1)OCCO2. The van der Waals surface area contributed by atoms with Crippen LogP contribution in [-0.2, 0) is 0 Å². The molecule has 0 atom stereocenters. The maximum absolute atomic E-state index is 12.2.